The van der Waals surface area contributed by atoms with Crippen molar-refractivity contribution in [1.82, 2.24) is 29.9 Å². The first-order valence-corrected chi connectivity index (χ1v) is 9.40. The van der Waals surface area contributed by atoms with Crippen molar-refractivity contribution in [2.75, 3.05) is 5.32 Å². The average Bonchev–Trinajstić information content (AvgIpc) is 3.05. The van der Waals surface area contributed by atoms with Crippen molar-refractivity contribution in [1.29, 1.82) is 0 Å². The molecule has 1 N–H and O–H groups in total. The third-order valence-electron chi connectivity index (χ3n) is 4.98. The maximum Gasteiger partial charge on any atom is 0.154 e. The second-order valence-electron chi connectivity index (χ2n) is 7.07. The van der Waals surface area contributed by atoms with Gasteiger partial charge in [-0.05, 0) is 49.1 Å². The number of aromatic nitrogens is 6. The summed E-state index contributed by atoms with van der Waals surface area (Å²) in [7, 11) is 1.92. The molecule has 1 unspecified atom stereocenters. The molecule has 0 saturated heterocycles. The Morgan fingerprint density at radius 2 is 1.96 bits per heavy atom. The van der Waals surface area contributed by atoms with E-state index >= 15 is 0 Å². The number of nitrogens with one attached hydrogen (secondary N) is 1. The number of fused-ring (bicyclic) bond motifs is 1. The van der Waals surface area contributed by atoms with Gasteiger partial charge in [0.1, 0.15) is 5.82 Å². The Morgan fingerprint density at radius 3 is 2.71 bits per heavy atom. The summed E-state index contributed by atoms with van der Waals surface area (Å²) in [5.74, 6) is 1.84. The Bertz CT molecular complexity index is 1130. The first kappa shape index (κ1) is 18.0. The minimum Gasteiger partial charge on any atom is -0.323 e. The van der Waals surface area contributed by atoms with Crippen molar-refractivity contribution in [2.45, 2.75) is 33.1 Å². The summed E-state index contributed by atoms with van der Waals surface area (Å²) in [6, 6.07) is 7.93. The Kier molecular flexibility index (Phi) is 4.73. The maximum atomic E-state index is 4.72. The lowest BCUT2D eigenvalue weighted by Crippen LogP contribution is -2.01. The van der Waals surface area contributed by atoms with Crippen LogP contribution in [0.4, 0.5) is 11.6 Å². The first-order chi connectivity index (χ1) is 13.5. The van der Waals surface area contributed by atoms with Gasteiger partial charge in [0, 0.05) is 30.6 Å². The normalized spacial score (nSPS) is 12.3. The van der Waals surface area contributed by atoms with Gasteiger partial charge >= 0.3 is 0 Å². The molecule has 0 aliphatic carbocycles. The number of hydrogen-bond donors (Lipinski definition) is 1. The molecule has 142 valence electrons. The van der Waals surface area contributed by atoms with Crippen LogP contribution in [0.15, 0.2) is 42.9 Å². The summed E-state index contributed by atoms with van der Waals surface area (Å²) >= 11 is 0. The Labute approximate surface area is 163 Å². The van der Waals surface area contributed by atoms with Crippen molar-refractivity contribution < 1.29 is 0 Å². The molecule has 0 radical (unpaired) electrons. The summed E-state index contributed by atoms with van der Waals surface area (Å²) < 4.78 is 1.81. The van der Waals surface area contributed by atoms with E-state index in [0.29, 0.717) is 17.6 Å². The van der Waals surface area contributed by atoms with Gasteiger partial charge in [0.2, 0.25) is 0 Å². The number of rotatable bonds is 5. The molecule has 0 saturated carbocycles. The van der Waals surface area contributed by atoms with Gasteiger partial charge in [-0.25, -0.2) is 4.98 Å². The highest BCUT2D eigenvalue weighted by Crippen LogP contribution is 2.26. The molecule has 0 fully saturated rings. The predicted octanol–water partition coefficient (Wildman–Crippen LogP) is 4.39. The Morgan fingerprint density at radius 1 is 1.11 bits per heavy atom. The monoisotopic (exact) mass is 373 g/mol. The SMILES string of the molecule is CCC(C)c1cnnc(Nc2ccc3ncc(-c4cn(C)nc4C)cc3n2)c1. The molecule has 4 aromatic rings. The minimum absolute atomic E-state index is 0.440. The van der Waals surface area contributed by atoms with Crippen LogP contribution in [0, 0.1) is 6.92 Å². The van der Waals surface area contributed by atoms with E-state index in [4.69, 9.17) is 4.98 Å². The highest BCUT2D eigenvalue weighted by atomic mass is 15.2. The number of pyridine rings is 2. The smallest absolute Gasteiger partial charge is 0.154 e. The van der Waals surface area contributed by atoms with Gasteiger partial charge in [0.15, 0.2) is 5.82 Å². The third-order valence-corrected chi connectivity index (χ3v) is 4.98. The molecule has 4 aromatic heterocycles. The van der Waals surface area contributed by atoms with Crippen LogP contribution in [-0.2, 0) is 7.05 Å². The molecule has 0 amide bonds. The van der Waals surface area contributed by atoms with E-state index in [1.807, 2.05) is 61.5 Å². The number of nitrogens with zero attached hydrogens (tertiary/aromatic N) is 6. The number of aryl methyl sites for hydroxylation is 2. The van der Waals surface area contributed by atoms with Gasteiger partial charge in [0.05, 0.1) is 22.9 Å². The van der Waals surface area contributed by atoms with Crippen molar-refractivity contribution in [2.24, 2.45) is 7.05 Å². The van der Waals surface area contributed by atoms with Gasteiger partial charge in [-0.15, -0.1) is 5.10 Å². The fourth-order valence-electron chi connectivity index (χ4n) is 3.19. The lowest BCUT2D eigenvalue weighted by molar-refractivity contribution is 0.725. The minimum atomic E-state index is 0.440. The molecular weight excluding hydrogens is 350 g/mol. The molecule has 28 heavy (non-hydrogen) atoms. The summed E-state index contributed by atoms with van der Waals surface area (Å²) in [4.78, 5) is 9.27. The van der Waals surface area contributed by atoms with Crippen molar-refractivity contribution in [3.05, 3.63) is 54.1 Å². The lowest BCUT2D eigenvalue weighted by Gasteiger charge is -2.10. The van der Waals surface area contributed by atoms with Crippen LogP contribution in [0.2, 0.25) is 0 Å². The zero-order valence-electron chi connectivity index (χ0n) is 16.5. The highest BCUT2D eigenvalue weighted by Gasteiger charge is 2.10. The van der Waals surface area contributed by atoms with Crippen LogP contribution in [-0.4, -0.2) is 29.9 Å². The highest BCUT2D eigenvalue weighted by molar-refractivity contribution is 5.82. The van der Waals surface area contributed by atoms with Crippen molar-refractivity contribution in [3.63, 3.8) is 0 Å². The van der Waals surface area contributed by atoms with Gasteiger partial charge in [-0.1, -0.05) is 13.8 Å². The molecule has 0 bridgehead atoms. The van der Waals surface area contributed by atoms with Gasteiger partial charge in [-0.2, -0.15) is 10.2 Å². The third kappa shape index (κ3) is 3.55. The molecule has 0 aliphatic heterocycles. The van der Waals surface area contributed by atoms with E-state index in [2.05, 4.69) is 39.4 Å². The second-order valence-corrected chi connectivity index (χ2v) is 7.07. The fourth-order valence-corrected chi connectivity index (χ4v) is 3.19. The van der Waals surface area contributed by atoms with Crippen LogP contribution in [0.5, 0.6) is 0 Å². The molecule has 0 aromatic carbocycles. The molecule has 0 aliphatic rings. The van der Waals surface area contributed by atoms with Gasteiger partial charge < -0.3 is 5.32 Å². The Hall–Kier alpha value is -3.35. The van der Waals surface area contributed by atoms with Crippen LogP contribution in [0.3, 0.4) is 0 Å². The molecule has 4 heterocycles. The summed E-state index contributed by atoms with van der Waals surface area (Å²) in [6.07, 6.45) is 6.74. The van der Waals surface area contributed by atoms with Crippen LogP contribution in [0.1, 0.15) is 37.4 Å². The molecule has 4 rings (SSSR count). The topological polar surface area (TPSA) is 81.4 Å². The Balaban J connectivity index is 1.66. The predicted molar refractivity (Wildman–Crippen MR) is 110 cm³/mol. The van der Waals surface area contributed by atoms with Gasteiger partial charge in [0.25, 0.3) is 0 Å². The zero-order chi connectivity index (χ0) is 19.7. The number of anilines is 2. The molecule has 1 atom stereocenters. The maximum absolute atomic E-state index is 4.72. The molecule has 0 spiro atoms. The quantitative estimate of drug-likeness (QED) is 0.559. The van der Waals surface area contributed by atoms with Crippen molar-refractivity contribution >= 4 is 22.7 Å². The summed E-state index contributed by atoms with van der Waals surface area (Å²) in [5.41, 5.74) is 5.85. The van der Waals surface area contributed by atoms with E-state index in [1.165, 1.54) is 0 Å². The second kappa shape index (κ2) is 7.34. The fraction of sp³-hybridized carbons (Fsp3) is 0.286. The van der Waals surface area contributed by atoms with Crippen LogP contribution in [0.25, 0.3) is 22.2 Å². The zero-order valence-corrected chi connectivity index (χ0v) is 16.5. The lowest BCUT2D eigenvalue weighted by atomic mass is 10.0. The molecular formula is C21H23N7. The van der Waals surface area contributed by atoms with Gasteiger partial charge in [-0.3, -0.25) is 9.67 Å². The standard InChI is InChI=1S/C21H23N7/c1-5-13(2)15-9-21(26-23-11-15)25-20-7-6-18-19(24-20)8-16(10-22-18)17-12-28(4)27-14(17)3/h6-13H,5H2,1-4H3,(H,24,25,26). The average molecular weight is 373 g/mol. The summed E-state index contributed by atoms with van der Waals surface area (Å²) in [5, 5.41) is 16.0. The molecule has 7 nitrogen and oxygen atoms in total. The van der Waals surface area contributed by atoms with Crippen LogP contribution >= 0.6 is 0 Å². The summed E-state index contributed by atoms with van der Waals surface area (Å²) in [6.45, 7) is 6.34. The number of hydrogen-bond acceptors (Lipinski definition) is 6. The van der Waals surface area contributed by atoms with E-state index in [0.717, 1.165) is 39.8 Å². The van der Waals surface area contributed by atoms with E-state index in [9.17, 15) is 0 Å². The molecule has 7 heteroatoms. The van der Waals surface area contributed by atoms with Crippen LogP contribution < -0.4 is 5.32 Å². The van der Waals surface area contributed by atoms with Crippen molar-refractivity contribution in [3.8, 4) is 11.1 Å². The van der Waals surface area contributed by atoms with E-state index < -0.39 is 0 Å². The first-order valence-electron chi connectivity index (χ1n) is 9.40. The van der Waals surface area contributed by atoms with E-state index in [-0.39, 0.29) is 0 Å². The largest absolute Gasteiger partial charge is 0.323 e. The van der Waals surface area contributed by atoms with E-state index in [1.54, 1.807) is 0 Å².